The highest BCUT2D eigenvalue weighted by Crippen LogP contribution is 2.41. The first kappa shape index (κ1) is 19.5. The molecule has 1 spiro atoms. The summed E-state index contributed by atoms with van der Waals surface area (Å²) in [4.78, 5) is 28.7. The topological polar surface area (TPSA) is 40.6 Å². The highest BCUT2D eigenvalue weighted by Gasteiger charge is 2.49. The maximum absolute atomic E-state index is 13.1. The highest BCUT2D eigenvalue weighted by atomic mass is 19.4. The van der Waals surface area contributed by atoms with E-state index in [4.69, 9.17) is 0 Å². The smallest absolute Gasteiger partial charge is 0.342 e. The van der Waals surface area contributed by atoms with Crippen LogP contribution < -0.4 is 0 Å². The number of hydrogen-bond acceptors (Lipinski definition) is 2. The molecule has 1 saturated carbocycles. The SMILES string of the molecule is O=C(CCC(F)(F)F)N1CC[C@]2(CCCN(CC3CCCCC3)C2=O)C1. The van der Waals surface area contributed by atoms with Crippen molar-refractivity contribution >= 4 is 11.8 Å². The van der Waals surface area contributed by atoms with Gasteiger partial charge in [-0.25, -0.2) is 0 Å². The average molecular weight is 374 g/mol. The van der Waals surface area contributed by atoms with Gasteiger partial charge in [-0.2, -0.15) is 13.2 Å². The van der Waals surface area contributed by atoms with E-state index >= 15 is 0 Å². The third-order valence-electron chi connectivity index (χ3n) is 6.36. The van der Waals surface area contributed by atoms with Crippen LogP contribution >= 0.6 is 0 Å². The number of carbonyl (C=O) groups is 2. The van der Waals surface area contributed by atoms with Crippen molar-refractivity contribution in [2.45, 2.75) is 70.4 Å². The monoisotopic (exact) mass is 374 g/mol. The van der Waals surface area contributed by atoms with E-state index in [1.807, 2.05) is 4.90 Å². The third-order valence-corrected chi connectivity index (χ3v) is 6.36. The fourth-order valence-corrected chi connectivity index (χ4v) is 4.88. The normalized spacial score (nSPS) is 28.2. The molecule has 0 unspecified atom stereocenters. The summed E-state index contributed by atoms with van der Waals surface area (Å²) in [6.07, 6.45) is 2.45. The number of carbonyl (C=O) groups excluding carboxylic acids is 2. The average Bonchev–Trinajstić information content (AvgIpc) is 3.02. The zero-order valence-electron chi connectivity index (χ0n) is 15.3. The Bertz CT molecular complexity index is 531. The zero-order valence-corrected chi connectivity index (χ0v) is 15.3. The Balaban J connectivity index is 1.57. The standard InChI is InChI=1S/C19H29F3N2O2/c20-19(21,22)9-7-16(25)24-12-10-18(14-24)8-4-11-23(17(18)26)13-15-5-2-1-3-6-15/h15H,1-14H2/t18-/m1/s1. The molecule has 1 aliphatic carbocycles. The first-order valence-electron chi connectivity index (χ1n) is 9.93. The Kier molecular flexibility index (Phi) is 5.82. The van der Waals surface area contributed by atoms with Gasteiger partial charge in [-0.05, 0) is 38.0 Å². The summed E-state index contributed by atoms with van der Waals surface area (Å²) in [7, 11) is 0. The minimum Gasteiger partial charge on any atom is -0.342 e. The van der Waals surface area contributed by atoms with Crippen molar-refractivity contribution in [3.05, 3.63) is 0 Å². The Hall–Kier alpha value is -1.27. The van der Waals surface area contributed by atoms with E-state index in [1.54, 1.807) is 0 Å². The van der Waals surface area contributed by atoms with E-state index in [2.05, 4.69) is 0 Å². The fraction of sp³-hybridized carbons (Fsp3) is 0.895. The molecule has 3 rings (SSSR count). The molecule has 2 aliphatic heterocycles. The van der Waals surface area contributed by atoms with Crippen LogP contribution in [0.1, 0.15) is 64.2 Å². The maximum atomic E-state index is 13.1. The van der Waals surface area contributed by atoms with Crippen LogP contribution in [-0.4, -0.2) is 54.0 Å². The molecule has 2 heterocycles. The summed E-state index contributed by atoms with van der Waals surface area (Å²) >= 11 is 0. The molecule has 0 N–H and O–H groups in total. The second kappa shape index (κ2) is 7.77. The predicted molar refractivity (Wildman–Crippen MR) is 91.3 cm³/mol. The first-order chi connectivity index (χ1) is 12.3. The van der Waals surface area contributed by atoms with E-state index in [-0.39, 0.29) is 5.91 Å². The van der Waals surface area contributed by atoms with E-state index in [9.17, 15) is 22.8 Å². The molecule has 2 amide bonds. The second-order valence-electron chi connectivity index (χ2n) is 8.32. The molecular weight excluding hydrogens is 345 g/mol. The summed E-state index contributed by atoms with van der Waals surface area (Å²) in [5.41, 5.74) is -0.555. The van der Waals surface area contributed by atoms with Crippen molar-refractivity contribution < 1.29 is 22.8 Å². The van der Waals surface area contributed by atoms with E-state index in [0.29, 0.717) is 25.4 Å². The molecular formula is C19H29F3N2O2. The lowest BCUT2D eigenvalue weighted by molar-refractivity contribution is -0.151. The Morgan fingerprint density at radius 2 is 1.81 bits per heavy atom. The van der Waals surface area contributed by atoms with Crippen LogP contribution in [0.5, 0.6) is 0 Å². The maximum Gasteiger partial charge on any atom is 0.389 e. The number of hydrogen-bond donors (Lipinski definition) is 0. The number of alkyl halides is 3. The van der Waals surface area contributed by atoms with Gasteiger partial charge in [0.05, 0.1) is 11.8 Å². The minimum absolute atomic E-state index is 0.125. The van der Waals surface area contributed by atoms with Gasteiger partial charge in [0.1, 0.15) is 0 Å². The van der Waals surface area contributed by atoms with Crippen LogP contribution in [0.15, 0.2) is 0 Å². The van der Waals surface area contributed by atoms with Crippen molar-refractivity contribution in [2.24, 2.45) is 11.3 Å². The molecule has 0 radical (unpaired) electrons. The Morgan fingerprint density at radius 3 is 2.50 bits per heavy atom. The molecule has 148 valence electrons. The number of piperidine rings is 1. The number of nitrogens with zero attached hydrogens (tertiary/aromatic N) is 2. The Morgan fingerprint density at radius 1 is 1.08 bits per heavy atom. The molecule has 26 heavy (non-hydrogen) atoms. The van der Waals surface area contributed by atoms with Gasteiger partial charge in [-0.15, -0.1) is 0 Å². The fourth-order valence-electron chi connectivity index (χ4n) is 4.88. The van der Waals surface area contributed by atoms with Gasteiger partial charge in [-0.1, -0.05) is 19.3 Å². The molecule has 3 fully saturated rings. The molecule has 7 heteroatoms. The number of rotatable bonds is 4. The number of likely N-dealkylation sites (tertiary alicyclic amines) is 2. The minimum atomic E-state index is -4.31. The van der Waals surface area contributed by atoms with E-state index in [1.165, 1.54) is 37.0 Å². The second-order valence-corrected chi connectivity index (χ2v) is 8.32. The third kappa shape index (κ3) is 4.52. The van der Waals surface area contributed by atoms with Crippen LogP contribution in [0.25, 0.3) is 0 Å². The van der Waals surface area contributed by atoms with Crippen LogP contribution in [-0.2, 0) is 9.59 Å². The summed E-state index contributed by atoms with van der Waals surface area (Å²) in [6, 6.07) is 0. The van der Waals surface area contributed by atoms with Crippen molar-refractivity contribution in [3.63, 3.8) is 0 Å². The summed E-state index contributed by atoms with van der Waals surface area (Å²) < 4.78 is 37.1. The molecule has 0 bridgehead atoms. The lowest BCUT2D eigenvalue weighted by Gasteiger charge is -2.41. The summed E-state index contributed by atoms with van der Waals surface area (Å²) in [5.74, 6) is 0.227. The van der Waals surface area contributed by atoms with Crippen LogP contribution in [0.4, 0.5) is 13.2 Å². The van der Waals surface area contributed by atoms with Gasteiger partial charge in [0, 0.05) is 32.6 Å². The van der Waals surface area contributed by atoms with Crippen LogP contribution in [0.3, 0.4) is 0 Å². The van der Waals surface area contributed by atoms with E-state index in [0.717, 1.165) is 25.9 Å². The van der Waals surface area contributed by atoms with Gasteiger partial charge in [-0.3, -0.25) is 9.59 Å². The lowest BCUT2D eigenvalue weighted by atomic mass is 9.77. The molecule has 0 aromatic heterocycles. The van der Waals surface area contributed by atoms with Crippen molar-refractivity contribution in [3.8, 4) is 0 Å². The van der Waals surface area contributed by atoms with Gasteiger partial charge in [0.2, 0.25) is 11.8 Å². The lowest BCUT2D eigenvalue weighted by Crippen LogP contribution is -2.51. The van der Waals surface area contributed by atoms with Crippen molar-refractivity contribution in [1.82, 2.24) is 9.80 Å². The highest BCUT2D eigenvalue weighted by molar-refractivity contribution is 5.86. The van der Waals surface area contributed by atoms with Gasteiger partial charge < -0.3 is 9.80 Å². The number of halogens is 3. The van der Waals surface area contributed by atoms with Crippen molar-refractivity contribution in [2.75, 3.05) is 26.2 Å². The van der Waals surface area contributed by atoms with Crippen LogP contribution in [0.2, 0.25) is 0 Å². The molecule has 2 saturated heterocycles. The predicted octanol–water partition coefficient (Wildman–Crippen LogP) is 3.75. The van der Waals surface area contributed by atoms with Crippen LogP contribution in [0, 0.1) is 11.3 Å². The quantitative estimate of drug-likeness (QED) is 0.752. The largest absolute Gasteiger partial charge is 0.389 e. The molecule has 1 atom stereocenters. The summed E-state index contributed by atoms with van der Waals surface area (Å²) in [6.45, 7) is 2.28. The molecule has 0 aromatic carbocycles. The van der Waals surface area contributed by atoms with E-state index < -0.39 is 30.3 Å². The number of amides is 2. The molecule has 0 aromatic rings. The summed E-state index contributed by atoms with van der Waals surface area (Å²) in [5, 5.41) is 0. The zero-order chi connectivity index (χ0) is 18.8. The van der Waals surface area contributed by atoms with Gasteiger partial charge in [0.15, 0.2) is 0 Å². The Labute approximate surface area is 153 Å². The molecule has 4 nitrogen and oxygen atoms in total. The van der Waals surface area contributed by atoms with Gasteiger partial charge in [0.25, 0.3) is 0 Å². The molecule has 3 aliphatic rings. The van der Waals surface area contributed by atoms with Gasteiger partial charge >= 0.3 is 6.18 Å². The first-order valence-corrected chi connectivity index (χ1v) is 9.93. The van der Waals surface area contributed by atoms with Crippen molar-refractivity contribution in [1.29, 1.82) is 0 Å².